The first kappa shape index (κ1) is 18.8. The van der Waals surface area contributed by atoms with Crippen LogP contribution in [0.3, 0.4) is 0 Å². The average molecular weight is 391 g/mol. The fourth-order valence-corrected chi connectivity index (χ4v) is 3.34. The number of halogens is 2. The number of hydrogen-bond acceptors (Lipinski definition) is 3. The molecule has 7 heteroatoms. The topological polar surface area (TPSA) is 26.0 Å². The zero-order valence-electron chi connectivity index (χ0n) is 14.7. The lowest BCUT2D eigenvalue weighted by Crippen LogP contribution is -2.23. The van der Waals surface area contributed by atoms with Gasteiger partial charge in [-0.05, 0) is 43.9 Å². The predicted molar refractivity (Wildman–Crippen MR) is 104 cm³/mol. The summed E-state index contributed by atoms with van der Waals surface area (Å²) in [6.45, 7) is 3.43. The molecule has 0 saturated carbocycles. The van der Waals surface area contributed by atoms with Gasteiger partial charge in [-0.15, -0.1) is 0 Å². The fourth-order valence-electron chi connectivity index (χ4n) is 2.82. The number of hydrogen-bond donors (Lipinski definition) is 0. The van der Waals surface area contributed by atoms with E-state index in [1.54, 1.807) is 16.8 Å². The van der Waals surface area contributed by atoms with Gasteiger partial charge in [0.2, 0.25) is 0 Å². The van der Waals surface area contributed by atoms with Crippen molar-refractivity contribution in [2.45, 2.75) is 26.7 Å². The fraction of sp³-hybridized carbons (Fsp3) is 0.263. The number of aromatic nitrogens is 3. The van der Waals surface area contributed by atoms with Crippen molar-refractivity contribution in [1.82, 2.24) is 19.2 Å². The third kappa shape index (κ3) is 4.20. The van der Waals surface area contributed by atoms with Gasteiger partial charge in [-0.2, -0.15) is 5.10 Å². The molecule has 3 aromatic rings. The highest BCUT2D eigenvalue weighted by molar-refractivity contribution is 7.71. The van der Waals surface area contributed by atoms with Gasteiger partial charge in [-0.1, -0.05) is 48.0 Å². The van der Waals surface area contributed by atoms with E-state index >= 15 is 0 Å². The highest BCUT2D eigenvalue weighted by atomic mass is 35.5. The quantitative estimate of drug-likeness (QED) is 0.573. The molecule has 0 bridgehead atoms. The van der Waals surface area contributed by atoms with Crippen molar-refractivity contribution in [2.24, 2.45) is 0 Å². The molecule has 0 aliphatic carbocycles. The summed E-state index contributed by atoms with van der Waals surface area (Å²) in [7, 11) is 1.89. The molecule has 0 spiro atoms. The maximum Gasteiger partial charge on any atom is 0.199 e. The van der Waals surface area contributed by atoms with Crippen molar-refractivity contribution in [1.29, 1.82) is 0 Å². The monoisotopic (exact) mass is 390 g/mol. The molecule has 0 saturated heterocycles. The normalized spacial score (nSPS) is 11.3. The van der Waals surface area contributed by atoms with E-state index in [1.807, 2.05) is 41.6 Å². The van der Waals surface area contributed by atoms with Crippen LogP contribution >= 0.6 is 23.8 Å². The Bertz CT molecular complexity index is 932. The summed E-state index contributed by atoms with van der Waals surface area (Å²) in [6.07, 6.45) is 0. The van der Waals surface area contributed by atoms with Gasteiger partial charge in [-0.3, -0.25) is 9.47 Å². The second-order valence-electron chi connectivity index (χ2n) is 6.26. The molecule has 0 N–H and O–H groups in total. The first-order valence-electron chi connectivity index (χ1n) is 8.25. The van der Waals surface area contributed by atoms with Gasteiger partial charge in [-0.25, -0.2) is 9.07 Å². The minimum atomic E-state index is -0.307. The molecule has 1 heterocycles. The first-order chi connectivity index (χ1) is 12.5. The molecule has 0 aliphatic heterocycles. The van der Waals surface area contributed by atoms with E-state index in [-0.39, 0.29) is 5.82 Å². The van der Waals surface area contributed by atoms with Crippen LogP contribution in [-0.2, 0) is 19.8 Å². The maximum atomic E-state index is 14.0. The van der Waals surface area contributed by atoms with Crippen LogP contribution in [0.5, 0.6) is 0 Å². The Morgan fingerprint density at radius 3 is 2.58 bits per heavy atom. The van der Waals surface area contributed by atoms with E-state index in [4.69, 9.17) is 23.8 Å². The van der Waals surface area contributed by atoms with Crippen molar-refractivity contribution in [2.75, 3.05) is 7.05 Å². The lowest BCUT2D eigenvalue weighted by Gasteiger charge is -2.17. The van der Waals surface area contributed by atoms with Crippen molar-refractivity contribution >= 4 is 23.8 Å². The van der Waals surface area contributed by atoms with Gasteiger partial charge in [0.25, 0.3) is 0 Å². The molecular weight excluding hydrogens is 371 g/mol. The summed E-state index contributed by atoms with van der Waals surface area (Å²) in [6, 6.07) is 14.8. The molecule has 0 aliphatic rings. The molecular formula is C19H20ClFN4S. The second-order valence-corrected chi connectivity index (χ2v) is 7.03. The summed E-state index contributed by atoms with van der Waals surface area (Å²) < 4.78 is 18.4. The summed E-state index contributed by atoms with van der Waals surface area (Å²) >= 11 is 11.7. The van der Waals surface area contributed by atoms with Crippen molar-refractivity contribution in [3.8, 4) is 0 Å². The minimum Gasteiger partial charge on any atom is -0.300 e. The molecule has 3 rings (SSSR count). The maximum absolute atomic E-state index is 14.0. The van der Waals surface area contributed by atoms with Crippen LogP contribution in [0.2, 0.25) is 5.02 Å². The molecule has 0 atom stereocenters. The zero-order chi connectivity index (χ0) is 18.7. The van der Waals surface area contributed by atoms with Crippen LogP contribution in [0, 0.1) is 17.5 Å². The van der Waals surface area contributed by atoms with Gasteiger partial charge < -0.3 is 0 Å². The standard InChI is InChI=1S/C19H20ClFN4S/c1-14-22-25(19(26)24(14)11-15-7-4-3-5-8-15)13-23(2)12-16-17(20)9-6-10-18(16)21/h3-10H,11-13H2,1-2H3. The lowest BCUT2D eigenvalue weighted by atomic mass is 10.2. The smallest absolute Gasteiger partial charge is 0.199 e. The Kier molecular flexibility index (Phi) is 5.86. The Morgan fingerprint density at radius 2 is 1.88 bits per heavy atom. The molecule has 0 unspecified atom stereocenters. The predicted octanol–water partition coefficient (Wildman–Crippen LogP) is 4.65. The van der Waals surface area contributed by atoms with Crippen LogP contribution in [0.15, 0.2) is 48.5 Å². The van der Waals surface area contributed by atoms with Gasteiger partial charge in [0.05, 0.1) is 13.2 Å². The van der Waals surface area contributed by atoms with Crippen molar-refractivity contribution < 1.29 is 4.39 Å². The van der Waals surface area contributed by atoms with Crippen LogP contribution in [0.25, 0.3) is 0 Å². The summed E-state index contributed by atoms with van der Waals surface area (Å²) in [5, 5.41) is 4.96. The van der Waals surface area contributed by atoms with Crippen LogP contribution in [0.4, 0.5) is 4.39 Å². The Morgan fingerprint density at radius 1 is 1.15 bits per heavy atom. The van der Waals surface area contributed by atoms with Crippen LogP contribution < -0.4 is 0 Å². The highest BCUT2D eigenvalue weighted by Crippen LogP contribution is 2.20. The molecule has 26 heavy (non-hydrogen) atoms. The number of aryl methyl sites for hydroxylation is 1. The number of nitrogens with zero attached hydrogens (tertiary/aromatic N) is 4. The van der Waals surface area contributed by atoms with E-state index in [0.717, 1.165) is 11.4 Å². The third-order valence-corrected chi connectivity index (χ3v) is 4.94. The Hall–Kier alpha value is -2.02. The molecule has 0 radical (unpaired) electrons. The molecule has 0 fully saturated rings. The van der Waals surface area contributed by atoms with Crippen LogP contribution in [-0.4, -0.2) is 26.3 Å². The van der Waals surface area contributed by atoms with E-state index in [9.17, 15) is 4.39 Å². The number of benzene rings is 2. The average Bonchev–Trinajstić information content (AvgIpc) is 2.87. The molecule has 0 amide bonds. The first-order valence-corrected chi connectivity index (χ1v) is 9.04. The van der Waals surface area contributed by atoms with E-state index in [1.165, 1.54) is 6.07 Å². The third-order valence-electron chi connectivity index (χ3n) is 4.16. The largest absolute Gasteiger partial charge is 0.300 e. The Labute approximate surface area is 162 Å². The highest BCUT2D eigenvalue weighted by Gasteiger charge is 2.13. The van der Waals surface area contributed by atoms with Crippen molar-refractivity contribution in [3.63, 3.8) is 0 Å². The van der Waals surface area contributed by atoms with Crippen molar-refractivity contribution in [3.05, 3.63) is 81.1 Å². The van der Waals surface area contributed by atoms with Gasteiger partial charge in [0, 0.05) is 17.1 Å². The second kappa shape index (κ2) is 8.12. The minimum absolute atomic E-state index is 0.307. The van der Waals surface area contributed by atoms with Gasteiger partial charge in [0.15, 0.2) is 4.77 Å². The van der Waals surface area contributed by atoms with E-state index in [2.05, 4.69) is 17.2 Å². The van der Waals surface area contributed by atoms with Crippen LogP contribution in [0.1, 0.15) is 17.0 Å². The lowest BCUT2D eigenvalue weighted by molar-refractivity contribution is 0.240. The molecule has 1 aromatic heterocycles. The Balaban J connectivity index is 1.76. The van der Waals surface area contributed by atoms with E-state index < -0.39 is 0 Å². The summed E-state index contributed by atoms with van der Waals surface area (Å²) in [5.41, 5.74) is 1.64. The summed E-state index contributed by atoms with van der Waals surface area (Å²) in [5.74, 6) is 0.537. The SMILES string of the molecule is Cc1nn(CN(C)Cc2c(F)cccc2Cl)c(=S)n1Cc1ccccc1. The van der Waals surface area contributed by atoms with Gasteiger partial charge >= 0.3 is 0 Å². The van der Waals surface area contributed by atoms with E-state index in [0.29, 0.717) is 35.1 Å². The summed E-state index contributed by atoms with van der Waals surface area (Å²) in [4.78, 5) is 1.93. The zero-order valence-corrected chi connectivity index (χ0v) is 16.3. The molecule has 136 valence electrons. The number of rotatable bonds is 6. The molecule has 2 aromatic carbocycles. The molecule has 4 nitrogen and oxygen atoms in total. The van der Waals surface area contributed by atoms with Gasteiger partial charge in [0.1, 0.15) is 11.6 Å².